The van der Waals surface area contributed by atoms with Gasteiger partial charge in [-0.2, -0.15) is 0 Å². The Bertz CT molecular complexity index is 1020. The Labute approximate surface area is 215 Å². The smallest absolute Gasteiger partial charge is 0.223 e. The van der Waals surface area contributed by atoms with E-state index in [1.54, 1.807) is 11.3 Å². The summed E-state index contributed by atoms with van der Waals surface area (Å²) in [5.41, 5.74) is 8.04. The molecule has 0 spiro atoms. The van der Waals surface area contributed by atoms with Gasteiger partial charge in [0, 0.05) is 25.2 Å². The molecule has 1 amide bonds. The summed E-state index contributed by atoms with van der Waals surface area (Å²) in [5, 5.41) is 7.13. The predicted octanol–water partition coefficient (Wildman–Crippen LogP) is 5.55. The molecule has 2 saturated heterocycles. The predicted molar refractivity (Wildman–Crippen MR) is 146 cm³/mol. The number of thiazole rings is 1. The molecular formula is C29H42N4OS. The number of piperidine rings is 1. The Hall–Kier alpha value is -2.18. The number of likely N-dealkylation sites (tertiary alicyclic amines) is 1. The molecular weight excluding hydrogens is 452 g/mol. The highest BCUT2D eigenvalue weighted by Crippen LogP contribution is 2.32. The van der Waals surface area contributed by atoms with E-state index in [0.717, 1.165) is 56.3 Å². The lowest BCUT2D eigenvalue weighted by molar-refractivity contribution is -0.132. The Balaban J connectivity index is 1.49. The molecule has 2 N–H and O–H groups in total. The van der Waals surface area contributed by atoms with Gasteiger partial charge in [-0.3, -0.25) is 4.79 Å². The fourth-order valence-electron chi connectivity index (χ4n) is 5.55. The first-order chi connectivity index (χ1) is 16.8. The third-order valence-electron chi connectivity index (χ3n) is 7.50. The number of amides is 1. The maximum Gasteiger partial charge on any atom is 0.223 e. The molecule has 5 nitrogen and oxygen atoms in total. The molecule has 1 aromatic heterocycles. The van der Waals surface area contributed by atoms with Gasteiger partial charge in [-0.25, -0.2) is 4.98 Å². The molecule has 190 valence electrons. The Kier molecular flexibility index (Phi) is 8.66. The third-order valence-corrected chi connectivity index (χ3v) is 8.48. The quantitative estimate of drug-likeness (QED) is 0.480. The Morgan fingerprint density at radius 1 is 1.29 bits per heavy atom. The molecule has 35 heavy (non-hydrogen) atoms. The highest BCUT2D eigenvalue weighted by molar-refractivity contribution is 7.13. The summed E-state index contributed by atoms with van der Waals surface area (Å²) in [7, 11) is 0. The topological polar surface area (TPSA) is 57.3 Å². The molecule has 3 heterocycles. The fraction of sp³-hybridized carbons (Fsp3) is 0.586. The summed E-state index contributed by atoms with van der Waals surface area (Å²) in [6, 6.07) is 6.99. The van der Waals surface area contributed by atoms with Crippen LogP contribution in [0.2, 0.25) is 0 Å². The molecule has 1 aromatic carbocycles. The number of rotatable bonds is 9. The van der Waals surface area contributed by atoms with E-state index in [2.05, 4.69) is 73.0 Å². The van der Waals surface area contributed by atoms with Crippen molar-refractivity contribution in [1.82, 2.24) is 20.5 Å². The van der Waals surface area contributed by atoms with Crippen molar-refractivity contribution >= 4 is 17.2 Å². The van der Waals surface area contributed by atoms with Crippen molar-refractivity contribution in [2.45, 2.75) is 72.4 Å². The van der Waals surface area contributed by atoms with Crippen molar-refractivity contribution in [3.8, 4) is 10.4 Å². The van der Waals surface area contributed by atoms with E-state index in [1.807, 2.05) is 5.51 Å². The van der Waals surface area contributed by atoms with E-state index in [4.69, 9.17) is 0 Å². The summed E-state index contributed by atoms with van der Waals surface area (Å²) in [5.74, 6) is 1.86. The summed E-state index contributed by atoms with van der Waals surface area (Å²) in [6.07, 6.45) is 5.17. The number of hydrogen-bond acceptors (Lipinski definition) is 5. The van der Waals surface area contributed by atoms with Crippen LogP contribution in [-0.4, -0.2) is 41.5 Å². The first-order valence-electron chi connectivity index (χ1n) is 13.3. The van der Waals surface area contributed by atoms with Gasteiger partial charge in [0.1, 0.15) is 0 Å². The molecule has 6 heteroatoms. The summed E-state index contributed by atoms with van der Waals surface area (Å²) in [6.45, 7) is 16.8. The van der Waals surface area contributed by atoms with E-state index >= 15 is 0 Å². The molecule has 2 aliphatic rings. The van der Waals surface area contributed by atoms with E-state index in [9.17, 15) is 4.79 Å². The normalized spacial score (nSPS) is 21.0. The Morgan fingerprint density at radius 3 is 2.74 bits per heavy atom. The van der Waals surface area contributed by atoms with Gasteiger partial charge in [-0.1, -0.05) is 39.5 Å². The zero-order chi connectivity index (χ0) is 24.9. The molecule has 2 aromatic rings. The number of hydrogen-bond donors (Lipinski definition) is 2. The molecule has 2 unspecified atom stereocenters. The molecule has 0 saturated carbocycles. The number of carbonyl (C=O) groups is 1. The van der Waals surface area contributed by atoms with Crippen LogP contribution in [0.4, 0.5) is 0 Å². The van der Waals surface area contributed by atoms with Gasteiger partial charge in [0.2, 0.25) is 5.91 Å². The van der Waals surface area contributed by atoms with Crippen LogP contribution in [0.1, 0.15) is 63.3 Å². The number of carbonyl (C=O) groups excluding carboxylic acids is 1. The van der Waals surface area contributed by atoms with E-state index < -0.39 is 0 Å². The number of aromatic nitrogens is 1. The van der Waals surface area contributed by atoms with Crippen molar-refractivity contribution in [3.63, 3.8) is 0 Å². The van der Waals surface area contributed by atoms with Gasteiger partial charge in [-0.15, -0.1) is 11.3 Å². The maximum absolute atomic E-state index is 12.9. The van der Waals surface area contributed by atoms with E-state index in [0.29, 0.717) is 18.3 Å². The van der Waals surface area contributed by atoms with Crippen LogP contribution in [0.3, 0.4) is 0 Å². The number of nitrogens with zero attached hydrogens (tertiary/aromatic N) is 2. The average Bonchev–Trinajstić information content (AvgIpc) is 3.44. The zero-order valence-corrected chi connectivity index (χ0v) is 22.7. The van der Waals surface area contributed by atoms with Gasteiger partial charge < -0.3 is 15.5 Å². The minimum absolute atomic E-state index is 0.0863. The fourth-order valence-corrected chi connectivity index (χ4v) is 6.35. The van der Waals surface area contributed by atoms with Crippen molar-refractivity contribution in [2.75, 3.05) is 19.6 Å². The van der Waals surface area contributed by atoms with Crippen LogP contribution in [0, 0.1) is 24.7 Å². The number of benzene rings is 1. The van der Waals surface area contributed by atoms with Gasteiger partial charge in [-0.05, 0) is 86.2 Å². The monoisotopic (exact) mass is 494 g/mol. The molecule has 0 bridgehead atoms. The second kappa shape index (κ2) is 11.7. The van der Waals surface area contributed by atoms with E-state index in [1.165, 1.54) is 34.4 Å². The molecule has 2 fully saturated rings. The summed E-state index contributed by atoms with van der Waals surface area (Å²) in [4.78, 5) is 20.7. The second-order valence-electron chi connectivity index (χ2n) is 11.0. The van der Waals surface area contributed by atoms with Gasteiger partial charge in [0.05, 0.1) is 22.1 Å². The van der Waals surface area contributed by atoms with Crippen LogP contribution in [0.25, 0.3) is 10.4 Å². The molecule has 0 radical (unpaired) electrons. The third kappa shape index (κ3) is 6.53. The Morgan fingerprint density at radius 2 is 2.06 bits per heavy atom. The van der Waals surface area contributed by atoms with Gasteiger partial charge >= 0.3 is 0 Å². The number of nitrogens with one attached hydrogen (secondary N) is 2. The van der Waals surface area contributed by atoms with Crippen LogP contribution in [0.5, 0.6) is 0 Å². The average molecular weight is 495 g/mol. The van der Waals surface area contributed by atoms with Gasteiger partial charge in [0.25, 0.3) is 0 Å². The molecule has 4 rings (SSSR count). The van der Waals surface area contributed by atoms with Crippen molar-refractivity contribution in [2.24, 2.45) is 17.8 Å². The van der Waals surface area contributed by atoms with Crippen molar-refractivity contribution < 1.29 is 4.79 Å². The van der Waals surface area contributed by atoms with Crippen molar-refractivity contribution in [3.05, 3.63) is 52.8 Å². The molecule has 0 aliphatic carbocycles. The highest BCUT2D eigenvalue weighted by atomic mass is 32.1. The lowest BCUT2D eigenvalue weighted by Gasteiger charge is -2.28. The van der Waals surface area contributed by atoms with Crippen LogP contribution in [-0.2, 0) is 17.8 Å². The largest absolute Gasteiger partial charge is 0.383 e. The molecule has 2 aliphatic heterocycles. The maximum atomic E-state index is 12.9. The minimum atomic E-state index is 0.0863. The second-order valence-corrected chi connectivity index (χ2v) is 11.9. The van der Waals surface area contributed by atoms with Crippen LogP contribution >= 0.6 is 11.3 Å². The van der Waals surface area contributed by atoms with Gasteiger partial charge in [0.15, 0.2) is 0 Å². The zero-order valence-electron chi connectivity index (χ0n) is 21.9. The summed E-state index contributed by atoms with van der Waals surface area (Å²) < 4.78 is 0. The summed E-state index contributed by atoms with van der Waals surface area (Å²) >= 11 is 1.72. The lowest BCUT2D eigenvalue weighted by Crippen LogP contribution is -2.40. The number of aryl methyl sites for hydroxylation is 1. The van der Waals surface area contributed by atoms with Crippen molar-refractivity contribution in [1.29, 1.82) is 0 Å². The highest BCUT2D eigenvalue weighted by Gasteiger charge is 2.34. The first kappa shape index (κ1) is 25.9. The molecule has 2 atom stereocenters. The SMILES string of the molecule is C=C(NCc1ccc(-c2scnc2C)cc1CC1CCNCC1)C1CC(C)CN1C(=O)CC(C)C. The minimum Gasteiger partial charge on any atom is -0.383 e. The standard InChI is InChI=1S/C29H42N4OS/c1-19(2)12-28(34)33-17-20(3)13-27(33)21(4)31-16-25-7-6-24(29-22(5)32-18-35-29)15-26(25)14-23-8-10-30-11-9-23/h6-7,15,18-20,23,27,30-31H,4,8-14,16-17H2,1-3,5H3. The lowest BCUT2D eigenvalue weighted by atomic mass is 9.88. The van der Waals surface area contributed by atoms with Crippen LogP contribution < -0.4 is 10.6 Å². The van der Waals surface area contributed by atoms with E-state index in [-0.39, 0.29) is 11.9 Å². The first-order valence-corrected chi connectivity index (χ1v) is 14.1. The van der Waals surface area contributed by atoms with Crippen LogP contribution in [0.15, 0.2) is 36.0 Å².